The summed E-state index contributed by atoms with van der Waals surface area (Å²) < 4.78 is 10.2. The van der Waals surface area contributed by atoms with E-state index in [1.54, 1.807) is 12.1 Å². The zero-order chi connectivity index (χ0) is 18.3. The van der Waals surface area contributed by atoms with Gasteiger partial charge in [0.15, 0.2) is 6.10 Å². The molecule has 1 aromatic heterocycles. The maximum atomic E-state index is 12.7. The van der Waals surface area contributed by atoms with Crippen LogP contribution < -0.4 is 5.32 Å². The number of amides is 1. The van der Waals surface area contributed by atoms with Crippen LogP contribution in [-0.4, -0.2) is 31.1 Å². The molecule has 0 fully saturated rings. The maximum absolute atomic E-state index is 12.7. The highest BCUT2D eigenvalue weighted by atomic mass is 32.1. The normalized spacial score (nSPS) is 17.9. The molecular formula is C19H17NO5S. The topological polar surface area (TPSA) is 81.7 Å². The highest BCUT2D eigenvalue weighted by Gasteiger charge is 2.33. The lowest BCUT2D eigenvalue weighted by Crippen LogP contribution is -2.38. The number of thiophene rings is 1. The number of aryl methyl sites for hydroxylation is 1. The van der Waals surface area contributed by atoms with E-state index in [0.29, 0.717) is 22.5 Å². The zero-order valence-corrected chi connectivity index (χ0v) is 15.0. The number of rotatable bonds is 3. The molecule has 2 aromatic rings. The van der Waals surface area contributed by atoms with Gasteiger partial charge < -0.3 is 14.8 Å². The van der Waals surface area contributed by atoms with Crippen molar-refractivity contribution in [1.82, 2.24) is 0 Å². The molecule has 0 saturated heterocycles. The summed E-state index contributed by atoms with van der Waals surface area (Å²) in [5, 5.41) is 3.25. The standard InChI is InChI=1S/C19H17NO5S/c1-24-19(23)15-12-7-4-8-14(12)26-17(15)20-16(21)13-9-10-5-2-3-6-11(10)18(22)25-13/h2-3,5-6,13H,4,7-9H2,1H3,(H,20,21). The lowest BCUT2D eigenvalue weighted by molar-refractivity contribution is -0.125. The van der Waals surface area contributed by atoms with Gasteiger partial charge in [0.1, 0.15) is 5.00 Å². The molecular weight excluding hydrogens is 354 g/mol. The van der Waals surface area contributed by atoms with Gasteiger partial charge in [-0.25, -0.2) is 9.59 Å². The predicted octanol–water partition coefficient (Wildman–Crippen LogP) is 2.74. The van der Waals surface area contributed by atoms with Crippen LogP contribution in [0.2, 0.25) is 0 Å². The molecule has 0 saturated carbocycles. The first kappa shape index (κ1) is 16.8. The number of methoxy groups -OCH3 is 1. The number of esters is 2. The van der Waals surface area contributed by atoms with Crippen LogP contribution in [-0.2, 0) is 33.5 Å². The lowest BCUT2D eigenvalue weighted by atomic mass is 9.98. The van der Waals surface area contributed by atoms with Crippen molar-refractivity contribution in [2.75, 3.05) is 12.4 Å². The van der Waals surface area contributed by atoms with E-state index in [-0.39, 0.29) is 0 Å². The number of ether oxygens (including phenoxy) is 2. The van der Waals surface area contributed by atoms with Crippen LogP contribution in [0.25, 0.3) is 0 Å². The average molecular weight is 371 g/mol. The van der Waals surface area contributed by atoms with Crippen molar-refractivity contribution in [1.29, 1.82) is 0 Å². The summed E-state index contributed by atoms with van der Waals surface area (Å²) >= 11 is 1.40. The Bertz CT molecular complexity index is 917. The van der Waals surface area contributed by atoms with Crippen LogP contribution in [0, 0.1) is 0 Å². The van der Waals surface area contributed by atoms with Crippen molar-refractivity contribution in [3.63, 3.8) is 0 Å². The zero-order valence-electron chi connectivity index (χ0n) is 14.2. The maximum Gasteiger partial charge on any atom is 0.341 e. The van der Waals surface area contributed by atoms with Gasteiger partial charge in [-0.15, -0.1) is 11.3 Å². The van der Waals surface area contributed by atoms with Crippen molar-refractivity contribution >= 4 is 34.2 Å². The number of nitrogens with one attached hydrogen (secondary N) is 1. The summed E-state index contributed by atoms with van der Waals surface area (Å²) in [5.74, 6) is -1.39. The molecule has 0 bridgehead atoms. The molecule has 1 atom stereocenters. The van der Waals surface area contributed by atoms with Gasteiger partial charge in [0.2, 0.25) is 0 Å². The van der Waals surface area contributed by atoms with E-state index >= 15 is 0 Å². The third-order valence-electron chi connectivity index (χ3n) is 4.73. The molecule has 2 heterocycles. The molecule has 4 rings (SSSR count). The molecule has 1 aliphatic carbocycles. The van der Waals surface area contributed by atoms with E-state index in [9.17, 15) is 14.4 Å². The number of cyclic esters (lactones) is 1. The Morgan fingerprint density at radius 1 is 1.27 bits per heavy atom. The van der Waals surface area contributed by atoms with E-state index in [0.717, 1.165) is 35.3 Å². The Labute approximate surface area is 154 Å². The van der Waals surface area contributed by atoms with Gasteiger partial charge in [-0.2, -0.15) is 0 Å². The molecule has 6 nitrogen and oxygen atoms in total. The van der Waals surface area contributed by atoms with Crippen LogP contribution in [0.1, 0.15) is 43.1 Å². The Morgan fingerprint density at radius 2 is 2.08 bits per heavy atom. The van der Waals surface area contributed by atoms with E-state index in [4.69, 9.17) is 9.47 Å². The highest BCUT2D eigenvalue weighted by molar-refractivity contribution is 7.17. The fourth-order valence-corrected chi connectivity index (χ4v) is 4.76. The molecule has 26 heavy (non-hydrogen) atoms. The third kappa shape index (κ3) is 2.78. The van der Waals surface area contributed by atoms with Gasteiger partial charge in [0.05, 0.1) is 18.2 Å². The second-order valence-electron chi connectivity index (χ2n) is 6.30. The van der Waals surface area contributed by atoms with Crippen molar-refractivity contribution < 1.29 is 23.9 Å². The minimum absolute atomic E-state index is 0.312. The predicted molar refractivity (Wildman–Crippen MR) is 95.7 cm³/mol. The Balaban J connectivity index is 1.58. The Kier molecular flexibility index (Phi) is 4.24. The van der Waals surface area contributed by atoms with Crippen molar-refractivity contribution in [2.24, 2.45) is 0 Å². The molecule has 1 aliphatic heterocycles. The molecule has 0 spiro atoms. The molecule has 1 N–H and O–H groups in total. The van der Waals surface area contributed by atoms with E-state index < -0.39 is 23.9 Å². The number of anilines is 1. The van der Waals surface area contributed by atoms with Gasteiger partial charge >= 0.3 is 11.9 Å². The first-order valence-electron chi connectivity index (χ1n) is 8.41. The molecule has 7 heteroatoms. The Hall–Kier alpha value is -2.67. The van der Waals surface area contributed by atoms with E-state index in [1.165, 1.54) is 18.4 Å². The largest absolute Gasteiger partial charge is 0.465 e. The summed E-state index contributed by atoms with van der Waals surface area (Å²) in [4.78, 5) is 38.1. The monoisotopic (exact) mass is 371 g/mol. The molecule has 2 aliphatic rings. The van der Waals surface area contributed by atoms with E-state index in [1.807, 2.05) is 12.1 Å². The summed E-state index contributed by atoms with van der Waals surface area (Å²) in [7, 11) is 1.33. The van der Waals surface area contributed by atoms with Crippen molar-refractivity contribution in [3.8, 4) is 0 Å². The van der Waals surface area contributed by atoms with Crippen LogP contribution in [0.5, 0.6) is 0 Å². The molecule has 134 valence electrons. The van der Waals surface area contributed by atoms with Crippen LogP contribution >= 0.6 is 11.3 Å². The van der Waals surface area contributed by atoms with Crippen LogP contribution in [0.15, 0.2) is 24.3 Å². The number of hydrogen-bond donors (Lipinski definition) is 1. The van der Waals surface area contributed by atoms with Crippen LogP contribution in [0.4, 0.5) is 5.00 Å². The van der Waals surface area contributed by atoms with Crippen molar-refractivity contribution in [3.05, 3.63) is 51.4 Å². The first-order valence-corrected chi connectivity index (χ1v) is 9.22. The minimum Gasteiger partial charge on any atom is -0.465 e. The van der Waals surface area contributed by atoms with Gasteiger partial charge in [-0.05, 0) is 36.5 Å². The third-order valence-corrected chi connectivity index (χ3v) is 5.94. The van der Waals surface area contributed by atoms with Crippen molar-refractivity contribution in [2.45, 2.75) is 31.8 Å². The quantitative estimate of drug-likeness (QED) is 0.839. The molecule has 0 radical (unpaired) electrons. The smallest absolute Gasteiger partial charge is 0.341 e. The van der Waals surface area contributed by atoms with Crippen LogP contribution in [0.3, 0.4) is 0 Å². The summed E-state index contributed by atoms with van der Waals surface area (Å²) in [6, 6.07) is 7.09. The number of hydrogen-bond acceptors (Lipinski definition) is 6. The van der Waals surface area contributed by atoms with Gasteiger partial charge in [-0.1, -0.05) is 18.2 Å². The number of fused-ring (bicyclic) bond motifs is 2. The number of benzene rings is 1. The lowest BCUT2D eigenvalue weighted by Gasteiger charge is -2.23. The summed E-state index contributed by atoms with van der Waals surface area (Å²) in [6.45, 7) is 0. The number of carbonyl (C=O) groups is 3. The van der Waals surface area contributed by atoms with E-state index in [2.05, 4.69) is 5.32 Å². The second-order valence-corrected chi connectivity index (χ2v) is 7.40. The summed E-state index contributed by atoms with van der Waals surface area (Å²) in [5.41, 5.74) is 2.66. The van der Waals surface area contributed by atoms with Gasteiger partial charge in [0, 0.05) is 11.3 Å². The molecule has 1 amide bonds. The summed E-state index contributed by atoms with van der Waals surface area (Å²) in [6.07, 6.45) is 2.09. The van der Waals surface area contributed by atoms with Gasteiger partial charge in [0.25, 0.3) is 5.91 Å². The fourth-order valence-electron chi connectivity index (χ4n) is 3.48. The SMILES string of the molecule is COC(=O)c1c(NC(=O)C2Cc3ccccc3C(=O)O2)sc2c1CCC2. The minimum atomic E-state index is -0.917. The molecule has 1 aromatic carbocycles. The number of carbonyl (C=O) groups excluding carboxylic acids is 3. The van der Waals surface area contributed by atoms with Gasteiger partial charge in [-0.3, -0.25) is 4.79 Å². The Morgan fingerprint density at radius 3 is 2.88 bits per heavy atom. The first-order chi connectivity index (χ1) is 12.6. The second kappa shape index (κ2) is 6.57. The molecule has 1 unspecified atom stereocenters. The fraction of sp³-hybridized carbons (Fsp3) is 0.316. The highest BCUT2D eigenvalue weighted by Crippen LogP contribution is 2.39. The average Bonchev–Trinajstić information content (AvgIpc) is 3.21.